The SMILES string of the molecule is COc1ncc(-c2cc([C@H]3C[C@@H]3c3cc(-c4ccccc4C(F)(F)F)ccn3)c3nccn3n2)c(OC)n1. The predicted molar refractivity (Wildman–Crippen MR) is 132 cm³/mol. The van der Waals surface area contributed by atoms with Crippen LogP contribution in [-0.2, 0) is 6.18 Å². The lowest BCUT2D eigenvalue weighted by molar-refractivity contribution is -0.137. The van der Waals surface area contributed by atoms with E-state index in [4.69, 9.17) is 9.47 Å². The highest BCUT2D eigenvalue weighted by Gasteiger charge is 2.43. The highest BCUT2D eigenvalue weighted by molar-refractivity contribution is 5.70. The van der Waals surface area contributed by atoms with Crippen LogP contribution in [0.3, 0.4) is 0 Å². The molecule has 1 aromatic carbocycles. The smallest absolute Gasteiger partial charge is 0.417 e. The summed E-state index contributed by atoms with van der Waals surface area (Å²) < 4.78 is 53.1. The summed E-state index contributed by atoms with van der Waals surface area (Å²) in [6, 6.07) is 11.1. The minimum atomic E-state index is -4.45. The Morgan fingerprint density at radius 1 is 0.921 bits per heavy atom. The Bertz CT molecular complexity index is 1650. The van der Waals surface area contributed by atoms with Crippen molar-refractivity contribution in [1.29, 1.82) is 0 Å². The minimum absolute atomic E-state index is 0.0257. The van der Waals surface area contributed by atoms with E-state index in [-0.39, 0.29) is 23.4 Å². The van der Waals surface area contributed by atoms with Crippen LogP contribution >= 0.6 is 0 Å². The van der Waals surface area contributed by atoms with Crippen LogP contribution in [0.25, 0.3) is 28.0 Å². The Labute approximate surface area is 215 Å². The first-order valence-electron chi connectivity index (χ1n) is 11.8. The molecular formula is C27H21F3N6O2. The molecular weight excluding hydrogens is 497 g/mol. The molecule has 0 unspecified atom stereocenters. The maximum Gasteiger partial charge on any atom is 0.417 e. The van der Waals surface area contributed by atoms with E-state index in [0.29, 0.717) is 28.3 Å². The molecule has 0 bridgehead atoms. The van der Waals surface area contributed by atoms with E-state index in [1.807, 2.05) is 6.07 Å². The molecule has 1 saturated carbocycles. The summed E-state index contributed by atoms with van der Waals surface area (Å²) in [5, 5.41) is 4.66. The molecule has 0 N–H and O–H groups in total. The Morgan fingerprint density at radius 2 is 1.76 bits per heavy atom. The van der Waals surface area contributed by atoms with E-state index >= 15 is 0 Å². The molecule has 0 radical (unpaired) electrons. The first-order valence-corrected chi connectivity index (χ1v) is 11.8. The fourth-order valence-corrected chi connectivity index (χ4v) is 4.79. The van der Waals surface area contributed by atoms with E-state index in [9.17, 15) is 13.2 Å². The van der Waals surface area contributed by atoms with Gasteiger partial charge >= 0.3 is 12.2 Å². The molecule has 0 saturated heterocycles. The summed E-state index contributed by atoms with van der Waals surface area (Å²) >= 11 is 0. The van der Waals surface area contributed by atoms with Crippen LogP contribution in [0.15, 0.2) is 67.3 Å². The highest BCUT2D eigenvalue weighted by Crippen LogP contribution is 2.55. The Morgan fingerprint density at radius 3 is 2.55 bits per heavy atom. The molecule has 4 aromatic heterocycles. The fraction of sp³-hybridized carbons (Fsp3) is 0.222. The molecule has 38 heavy (non-hydrogen) atoms. The molecule has 8 nitrogen and oxygen atoms in total. The van der Waals surface area contributed by atoms with Gasteiger partial charge < -0.3 is 9.47 Å². The molecule has 6 rings (SSSR count). The van der Waals surface area contributed by atoms with Gasteiger partial charge in [-0.3, -0.25) is 4.98 Å². The van der Waals surface area contributed by atoms with Gasteiger partial charge in [-0.2, -0.15) is 23.3 Å². The second kappa shape index (κ2) is 9.09. The maximum atomic E-state index is 13.6. The zero-order chi connectivity index (χ0) is 26.4. The summed E-state index contributed by atoms with van der Waals surface area (Å²) in [6.07, 6.45) is 2.90. The fourth-order valence-electron chi connectivity index (χ4n) is 4.79. The van der Waals surface area contributed by atoms with Gasteiger partial charge in [0.1, 0.15) is 0 Å². The average molecular weight is 518 g/mol. The Balaban J connectivity index is 1.37. The van der Waals surface area contributed by atoms with Crippen LogP contribution in [-0.4, -0.2) is 43.8 Å². The molecule has 5 aromatic rings. The average Bonchev–Trinajstić information content (AvgIpc) is 3.59. The molecule has 1 aliphatic rings. The number of nitrogens with zero attached hydrogens (tertiary/aromatic N) is 6. The summed E-state index contributed by atoms with van der Waals surface area (Å²) in [6.45, 7) is 0. The number of hydrogen-bond acceptors (Lipinski definition) is 7. The van der Waals surface area contributed by atoms with Crippen LogP contribution in [0.5, 0.6) is 11.9 Å². The first-order chi connectivity index (χ1) is 18.4. The lowest BCUT2D eigenvalue weighted by Gasteiger charge is -2.13. The number of rotatable bonds is 6. The Kier molecular flexibility index (Phi) is 5.70. The van der Waals surface area contributed by atoms with Gasteiger partial charge in [0, 0.05) is 42.0 Å². The number of ether oxygens (including phenoxy) is 2. The van der Waals surface area contributed by atoms with Gasteiger partial charge in [0.2, 0.25) is 5.88 Å². The topological polar surface area (TPSA) is 87.3 Å². The quantitative estimate of drug-likeness (QED) is 0.291. The van der Waals surface area contributed by atoms with Crippen LogP contribution < -0.4 is 9.47 Å². The molecule has 192 valence electrons. The number of halogens is 3. The van der Waals surface area contributed by atoms with Gasteiger partial charge in [0.05, 0.1) is 31.0 Å². The monoisotopic (exact) mass is 518 g/mol. The number of benzene rings is 1. The molecule has 1 fully saturated rings. The number of alkyl halides is 3. The van der Waals surface area contributed by atoms with Gasteiger partial charge in [-0.1, -0.05) is 18.2 Å². The van der Waals surface area contributed by atoms with E-state index in [1.54, 1.807) is 47.5 Å². The van der Waals surface area contributed by atoms with Crippen molar-refractivity contribution in [2.24, 2.45) is 0 Å². The number of pyridine rings is 1. The van der Waals surface area contributed by atoms with Gasteiger partial charge in [0.15, 0.2) is 5.65 Å². The van der Waals surface area contributed by atoms with E-state index in [2.05, 4.69) is 25.0 Å². The summed E-state index contributed by atoms with van der Waals surface area (Å²) in [4.78, 5) is 17.5. The van der Waals surface area contributed by atoms with Crippen molar-refractivity contribution in [1.82, 2.24) is 29.5 Å². The van der Waals surface area contributed by atoms with Crippen molar-refractivity contribution in [2.75, 3.05) is 14.2 Å². The number of aromatic nitrogens is 6. The third-order valence-electron chi connectivity index (χ3n) is 6.67. The third-order valence-corrected chi connectivity index (χ3v) is 6.67. The van der Waals surface area contributed by atoms with Gasteiger partial charge in [-0.15, -0.1) is 0 Å². The van der Waals surface area contributed by atoms with Crippen molar-refractivity contribution in [3.05, 3.63) is 84.1 Å². The molecule has 1 aliphatic carbocycles. The van der Waals surface area contributed by atoms with Gasteiger partial charge in [-0.25, -0.2) is 14.5 Å². The van der Waals surface area contributed by atoms with Crippen LogP contribution in [0.2, 0.25) is 0 Å². The van der Waals surface area contributed by atoms with E-state index in [1.165, 1.54) is 26.4 Å². The molecule has 2 atom stereocenters. The van der Waals surface area contributed by atoms with Crippen molar-refractivity contribution in [3.8, 4) is 34.3 Å². The van der Waals surface area contributed by atoms with Crippen molar-refractivity contribution in [2.45, 2.75) is 24.4 Å². The van der Waals surface area contributed by atoms with E-state index in [0.717, 1.165) is 23.7 Å². The van der Waals surface area contributed by atoms with Crippen molar-refractivity contribution < 1.29 is 22.6 Å². The molecule has 0 amide bonds. The van der Waals surface area contributed by atoms with Gasteiger partial charge in [0.25, 0.3) is 0 Å². The second-order valence-electron chi connectivity index (χ2n) is 8.92. The summed E-state index contributed by atoms with van der Waals surface area (Å²) in [7, 11) is 2.98. The standard InChI is InChI=1S/C27H21F3N6O2/c1-37-25-20(14-33-26(34-25)38-2)23-13-19(24-32-9-10-36(24)35-23)17-12-18(17)22-11-15(7-8-31-22)16-5-3-4-6-21(16)27(28,29)30/h3-11,13-14,17-18H,12H2,1-2H3/t17-,18-/m0/s1. The molecule has 4 heterocycles. The number of imidazole rings is 1. The highest BCUT2D eigenvalue weighted by atomic mass is 19.4. The molecule has 0 spiro atoms. The lowest BCUT2D eigenvalue weighted by Crippen LogP contribution is -2.07. The maximum absolute atomic E-state index is 13.6. The Hall–Kier alpha value is -4.54. The van der Waals surface area contributed by atoms with Crippen LogP contribution in [0.1, 0.15) is 35.1 Å². The van der Waals surface area contributed by atoms with E-state index < -0.39 is 11.7 Å². The molecule has 11 heteroatoms. The summed E-state index contributed by atoms with van der Waals surface area (Å²) in [5.74, 6) is 0.407. The van der Waals surface area contributed by atoms with Crippen LogP contribution in [0.4, 0.5) is 13.2 Å². The zero-order valence-corrected chi connectivity index (χ0v) is 20.3. The summed E-state index contributed by atoms with van der Waals surface area (Å²) in [5.41, 5.74) is 3.52. The lowest BCUT2D eigenvalue weighted by atomic mass is 9.98. The first kappa shape index (κ1) is 23.8. The third kappa shape index (κ3) is 4.19. The minimum Gasteiger partial charge on any atom is -0.480 e. The van der Waals surface area contributed by atoms with Gasteiger partial charge in [-0.05, 0) is 47.7 Å². The molecule has 0 aliphatic heterocycles. The number of methoxy groups -OCH3 is 2. The van der Waals surface area contributed by atoms with Crippen LogP contribution in [0, 0.1) is 0 Å². The second-order valence-corrected chi connectivity index (χ2v) is 8.92. The largest absolute Gasteiger partial charge is 0.480 e. The van der Waals surface area contributed by atoms with Crippen molar-refractivity contribution in [3.63, 3.8) is 0 Å². The zero-order valence-electron chi connectivity index (χ0n) is 20.3. The number of fused-ring (bicyclic) bond motifs is 1. The van der Waals surface area contributed by atoms with Crippen molar-refractivity contribution >= 4 is 5.65 Å². The number of hydrogen-bond donors (Lipinski definition) is 0. The predicted octanol–water partition coefficient (Wildman–Crippen LogP) is 5.56. The normalized spacial score (nSPS) is 17.0.